The highest BCUT2D eigenvalue weighted by Gasteiger charge is 2.19. The molecule has 140 valence electrons. The maximum Gasteiger partial charge on any atom is 0.241 e. The van der Waals surface area contributed by atoms with Crippen molar-refractivity contribution in [3.8, 4) is 11.5 Å². The lowest BCUT2D eigenvalue weighted by Gasteiger charge is -2.15. The summed E-state index contributed by atoms with van der Waals surface area (Å²) in [4.78, 5) is 12.0. The molecule has 0 aromatic heterocycles. The Morgan fingerprint density at radius 2 is 1.69 bits per heavy atom. The third-order valence-electron chi connectivity index (χ3n) is 3.77. The molecule has 0 spiro atoms. The van der Waals surface area contributed by atoms with Gasteiger partial charge in [0.05, 0.1) is 31.7 Å². The van der Waals surface area contributed by atoms with E-state index < -0.39 is 15.9 Å². The molecule has 2 aromatic rings. The van der Waals surface area contributed by atoms with Gasteiger partial charge < -0.3 is 14.8 Å². The first kappa shape index (κ1) is 19.7. The average molecular weight is 378 g/mol. The lowest BCUT2D eigenvalue weighted by atomic mass is 10.1. The van der Waals surface area contributed by atoms with Crippen molar-refractivity contribution in [2.24, 2.45) is 0 Å². The summed E-state index contributed by atoms with van der Waals surface area (Å²) in [7, 11) is -0.982. The first-order valence-corrected chi connectivity index (χ1v) is 9.41. The van der Waals surface area contributed by atoms with E-state index in [1.165, 1.54) is 32.4 Å². The van der Waals surface area contributed by atoms with Gasteiger partial charge in [-0.15, -0.1) is 0 Å². The number of carbonyl (C=O) groups excluding carboxylic acids is 1. The van der Waals surface area contributed by atoms with E-state index in [1.807, 2.05) is 37.3 Å². The Kier molecular flexibility index (Phi) is 6.59. The zero-order valence-electron chi connectivity index (χ0n) is 14.9. The van der Waals surface area contributed by atoms with Crippen LogP contribution in [0.15, 0.2) is 53.4 Å². The van der Waals surface area contributed by atoms with Crippen LogP contribution in [0.3, 0.4) is 0 Å². The van der Waals surface area contributed by atoms with Crippen molar-refractivity contribution in [2.45, 2.75) is 17.9 Å². The van der Waals surface area contributed by atoms with Crippen molar-refractivity contribution >= 4 is 15.9 Å². The first-order chi connectivity index (χ1) is 12.4. The fraction of sp³-hybridized carbons (Fsp3) is 0.278. The topological polar surface area (TPSA) is 93.7 Å². The maximum absolute atomic E-state index is 12.4. The van der Waals surface area contributed by atoms with Gasteiger partial charge in [-0.25, -0.2) is 13.1 Å². The van der Waals surface area contributed by atoms with Gasteiger partial charge in [-0.2, -0.15) is 0 Å². The Morgan fingerprint density at radius 1 is 1.04 bits per heavy atom. The molecule has 0 fully saturated rings. The molecule has 0 saturated carbocycles. The van der Waals surface area contributed by atoms with Gasteiger partial charge in [0.25, 0.3) is 0 Å². The number of hydrogen-bond donors (Lipinski definition) is 2. The third-order valence-corrected chi connectivity index (χ3v) is 5.16. The Bertz CT molecular complexity index is 853. The summed E-state index contributed by atoms with van der Waals surface area (Å²) in [5.74, 6) is 0.281. The van der Waals surface area contributed by atoms with E-state index in [2.05, 4.69) is 10.0 Å². The van der Waals surface area contributed by atoms with Crippen LogP contribution in [-0.2, 0) is 14.8 Å². The fourth-order valence-electron chi connectivity index (χ4n) is 2.35. The predicted octanol–water partition coefficient (Wildman–Crippen LogP) is 1.86. The van der Waals surface area contributed by atoms with Crippen molar-refractivity contribution < 1.29 is 22.7 Å². The normalized spacial score (nSPS) is 12.3. The van der Waals surface area contributed by atoms with E-state index in [9.17, 15) is 13.2 Å². The van der Waals surface area contributed by atoms with E-state index in [0.29, 0.717) is 5.75 Å². The summed E-state index contributed by atoms with van der Waals surface area (Å²) in [6.07, 6.45) is 0. The van der Waals surface area contributed by atoms with E-state index in [4.69, 9.17) is 9.47 Å². The van der Waals surface area contributed by atoms with Crippen LogP contribution in [-0.4, -0.2) is 35.1 Å². The summed E-state index contributed by atoms with van der Waals surface area (Å²) in [6, 6.07) is 13.4. The lowest BCUT2D eigenvalue weighted by molar-refractivity contribution is -0.120. The van der Waals surface area contributed by atoms with Gasteiger partial charge in [-0.1, -0.05) is 30.3 Å². The summed E-state index contributed by atoms with van der Waals surface area (Å²) < 4.78 is 37.2. The molecule has 0 radical (unpaired) electrons. The molecule has 0 aliphatic rings. The lowest BCUT2D eigenvalue weighted by Crippen LogP contribution is -2.38. The molecule has 0 bridgehead atoms. The Hall–Kier alpha value is -2.58. The number of nitrogens with one attached hydrogen (secondary N) is 2. The van der Waals surface area contributed by atoms with Crippen molar-refractivity contribution in [3.63, 3.8) is 0 Å². The fourth-order valence-corrected chi connectivity index (χ4v) is 3.34. The quantitative estimate of drug-likeness (QED) is 0.731. The van der Waals surface area contributed by atoms with Gasteiger partial charge in [-0.05, 0) is 24.6 Å². The van der Waals surface area contributed by atoms with Gasteiger partial charge in [0, 0.05) is 6.07 Å². The zero-order chi connectivity index (χ0) is 19.2. The number of sulfonamides is 1. The summed E-state index contributed by atoms with van der Waals surface area (Å²) >= 11 is 0. The van der Waals surface area contributed by atoms with Gasteiger partial charge in [0.2, 0.25) is 15.9 Å². The molecule has 1 atom stereocenters. The van der Waals surface area contributed by atoms with E-state index >= 15 is 0 Å². The van der Waals surface area contributed by atoms with E-state index in [-0.39, 0.29) is 23.2 Å². The minimum atomic E-state index is -3.86. The second-order valence-electron chi connectivity index (χ2n) is 5.54. The molecule has 0 saturated heterocycles. The molecule has 2 rings (SSSR count). The molecule has 0 heterocycles. The number of methoxy groups -OCH3 is 2. The first-order valence-electron chi connectivity index (χ1n) is 7.93. The number of amides is 1. The van der Waals surface area contributed by atoms with Crippen LogP contribution in [0.5, 0.6) is 11.5 Å². The molecule has 0 unspecified atom stereocenters. The van der Waals surface area contributed by atoms with Gasteiger partial charge in [-0.3, -0.25) is 4.79 Å². The van der Waals surface area contributed by atoms with Crippen LogP contribution in [0.4, 0.5) is 0 Å². The Labute approximate surface area is 153 Å². The summed E-state index contributed by atoms with van der Waals surface area (Å²) in [5.41, 5.74) is 0.934. The molecular formula is C18H22N2O5S. The molecule has 8 heteroatoms. The van der Waals surface area contributed by atoms with Crippen molar-refractivity contribution in [1.82, 2.24) is 10.0 Å². The maximum atomic E-state index is 12.4. The van der Waals surface area contributed by atoms with Crippen molar-refractivity contribution in [2.75, 3.05) is 20.8 Å². The van der Waals surface area contributed by atoms with Gasteiger partial charge >= 0.3 is 0 Å². The SMILES string of the molecule is COc1ccc(S(=O)(=O)NCC(=O)N[C@H](C)c2ccccc2)cc1OC. The smallest absolute Gasteiger partial charge is 0.241 e. The molecule has 7 nitrogen and oxygen atoms in total. The molecule has 0 aliphatic heterocycles. The molecular weight excluding hydrogens is 356 g/mol. The summed E-state index contributed by atoms with van der Waals surface area (Å²) in [6.45, 7) is 1.46. The van der Waals surface area contributed by atoms with Gasteiger partial charge in [0.15, 0.2) is 11.5 Å². The molecule has 26 heavy (non-hydrogen) atoms. The molecule has 1 amide bonds. The minimum Gasteiger partial charge on any atom is -0.493 e. The monoisotopic (exact) mass is 378 g/mol. The summed E-state index contributed by atoms with van der Waals surface area (Å²) in [5, 5.41) is 2.75. The molecule has 2 N–H and O–H groups in total. The number of hydrogen-bond acceptors (Lipinski definition) is 5. The van der Waals surface area contributed by atoms with Crippen LogP contribution >= 0.6 is 0 Å². The minimum absolute atomic E-state index is 0.0148. The highest BCUT2D eigenvalue weighted by Crippen LogP contribution is 2.29. The average Bonchev–Trinajstić information content (AvgIpc) is 2.66. The second kappa shape index (κ2) is 8.68. The number of rotatable bonds is 8. The standard InChI is InChI=1S/C18H22N2O5S/c1-13(14-7-5-4-6-8-14)20-18(21)12-19-26(22,23)15-9-10-16(24-2)17(11-15)25-3/h4-11,13,19H,12H2,1-3H3,(H,20,21)/t13-/m1/s1. The Morgan fingerprint density at radius 3 is 2.31 bits per heavy atom. The van der Waals surface area contributed by atoms with Crippen molar-refractivity contribution in [1.29, 1.82) is 0 Å². The Balaban J connectivity index is 2.00. The van der Waals surface area contributed by atoms with Crippen LogP contribution in [0.1, 0.15) is 18.5 Å². The van der Waals surface area contributed by atoms with Crippen LogP contribution < -0.4 is 19.5 Å². The number of benzene rings is 2. The highest BCUT2D eigenvalue weighted by molar-refractivity contribution is 7.89. The number of carbonyl (C=O) groups is 1. The highest BCUT2D eigenvalue weighted by atomic mass is 32.2. The number of ether oxygens (including phenoxy) is 2. The van der Waals surface area contributed by atoms with Crippen LogP contribution in [0.2, 0.25) is 0 Å². The van der Waals surface area contributed by atoms with Crippen LogP contribution in [0.25, 0.3) is 0 Å². The second-order valence-corrected chi connectivity index (χ2v) is 7.31. The predicted molar refractivity (Wildman–Crippen MR) is 97.7 cm³/mol. The molecule has 2 aromatic carbocycles. The van der Waals surface area contributed by atoms with E-state index in [1.54, 1.807) is 0 Å². The van der Waals surface area contributed by atoms with E-state index in [0.717, 1.165) is 5.56 Å². The van der Waals surface area contributed by atoms with Crippen LogP contribution in [0, 0.1) is 0 Å². The molecule has 0 aliphatic carbocycles. The third kappa shape index (κ3) is 4.96. The zero-order valence-corrected chi connectivity index (χ0v) is 15.7. The van der Waals surface area contributed by atoms with Gasteiger partial charge in [0.1, 0.15) is 0 Å². The largest absolute Gasteiger partial charge is 0.493 e. The van der Waals surface area contributed by atoms with Crippen molar-refractivity contribution in [3.05, 3.63) is 54.1 Å².